The molecule has 0 bridgehead atoms. The van der Waals surface area contributed by atoms with Crippen molar-refractivity contribution in [3.8, 4) is 0 Å². The number of ether oxygens (including phenoxy) is 2. The first kappa shape index (κ1) is 21.2. The molecule has 2 aromatic carbocycles. The first-order valence-electron chi connectivity index (χ1n) is 8.76. The lowest BCUT2D eigenvalue weighted by Gasteiger charge is -2.29. The molecule has 0 unspecified atom stereocenters. The lowest BCUT2D eigenvalue weighted by atomic mass is 10.1. The van der Waals surface area contributed by atoms with Gasteiger partial charge in [0.1, 0.15) is 0 Å². The number of alkyl halides is 3. The molecule has 2 aromatic rings. The van der Waals surface area contributed by atoms with E-state index in [2.05, 4.69) is 0 Å². The van der Waals surface area contributed by atoms with E-state index in [9.17, 15) is 13.2 Å². The van der Waals surface area contributed by atoms with E-state index < -0.39 is 18.0 Å². The Kier molecular flexibility index (Phi) is 7.10. The molecule has 1 heterocycles. The number of benzene rings is 2. The molecule has 0 amide bonds. The van der Waals surface area contributed by atoms with Gasteiger partial charge in [-0.25, -0.2) is 0 Å². The highest BCUT2D eigenvalue weighted by molar-refractivity contribution is 7.99. The summed E-state index contributed by atoms with van der Waals surface area (Å²) in [7, 11) is 0. The van der Waals surface area contributed by atoms with Crippen LogP contribution >= 0.6 is 23.4 Å². The van der Waals surface area contributed by atoms with Crippen LogP contribution in [0.2, 0.25) is 5.02 Å². The summed E-state index contributed by atoms with van der Waals surface area (Å²) in [4.78, 5) is 0. The molecule has 1 saturated heterocycles. The van der Waals surface area contributed by atoms with Gasteiger partial charge in [-0.05, 0) is 47.9 Å². The number of hydrogen-bond acceptors (Lipinski definition) is 3. The first-order chi connectivity index (χ1) is 13.3. The molecule has 0 atom stereocenters. The zero-order chi connectivity index (χ0) is 20.1. The van der Waals surface area contributed by atoms with Gasteiger partial charge in [-0.3, -0.25) is 0 Å². The van der Waals surface area contributed by atoms with Crippen LogP contribution in [-0.2, 0) is 21.4 Å². The second-order valence-electron chi connectivity index (χ2n) is 6.57. The Morgan fingerprint density at radius 2 is 1.68 bits per heavy atom. The monoisotopic (exact) mass is 428 g/mol. The van der Waals surface area contributed by atoms with Gasteiger partial charge < -0.3 is 9.47 Å². The van der Waals surface area contributed by atoms with Crippen molar-refractivity contribution in [2.45, 2.75) is 30.4 Å². The summed E-state index contributed by atoms with van der Waals surface area (Å²) in [5, 5.41) is 0.946. The predicted molar refractivity (Wildman–Crippen MR) is 107 cm³/mol. The van der Waals surface area contributed by atoms with Gasteiger partial charge in [-0.15, -0.1) is 11.8 Å². The van der Waals surface area contributed by atoms with Gasteiger partial charge in [-0.2, -0.15) is 13.2 Å². The SMILES string of the molecule is C/C(=C/c1ccc(C(F)(F)F)cc1)C1OCC(SCc2ccc(Cl)cc2)CO1. The molecule has 0 radical (unpaired) electrons. The van der Waals surface area contributed by atoms with E-state index in [4.69, 9.17) is 21.1 Å². The molecule has 0 N–H and O–H groups in total. The van der Waals surface area contributed by atoms with Gasteiger partial charge in [-0.1, -0.05) is 41.9 Å². The van der Waals surface area contributed by atoms with E-state index in [0.29, 0.717) is 18.8 Å². The fourth-order valence-corrected chi connectivity index (χ4v) is 3.83. The molecule has 28 heavy (non-hydrogen) atoms. The van der Waals surface area contributed by atoms with Crippen molar-refractivity contribution in [2.75, 3.05) is 13.2 Å². The Bertz CT molecular complexity index is 796. The van der Waals surface area contributed by atoms with Crippen LogP contribution in [0, 0.1) is 0 Å². The van der Waals surface area contributed by atoms with Crippen LogP contribution in [0.5, 0.6) is 0 Å². The molecule has 3 rings (SSSR count). The largest absolute Gasteiger partial charge is 0.416 e. The molecule has 150 valence electrons. The summed E-state index contributed by atoms with van der Waals surface area (Å²) in [6.45, 7) is 2.96. The van der Waals surface area contributed by atoms with Crippen LogP contribution in [0.1, 0.15) is 23.6 Å². The third-order valence-corrected chi connectivity index (χ3v) is 5.77. The normalized spacial score (nSPS) is 21.0. The minimum Gasteiger partial charge on any atom is -0.347 e. The van der Waals surface area contributed by atoms with E-state index in [1.807, 2.05) is 31.2 Å². The maximum absolute atomic E-state index is 12.6. The Morgan fingerprint density at radius 1 is 1.07 bits per heavy atom. The predicted octanol–water partition coefficient (Wildman–Crippen LogP) is 6.44. The minimum absolute atomic E-state index is 0.228. The van der Waals surface area contributed by atoms with E-state index in [1.54, 1.807) is 17.8 Å². The molecule has 7 heteroatoms. The second kappa shape index (κ2) is 9.35. The van der Waals surface area contributed by atoms with Crippen molar-refractivity contribution < 1.29 is 22.6 Å². The molecule has 0 aliphatic carbocycles. The lowest BCUT2D eigenvalue weighted by Crippen LogP contribution is -2.34. The summed E-state index contributed by atoms with van der Waals surface area (Å²) in [6, 6.07) is 12.8. The second-order valence-corrected chi connectivity index (χ2v) is 8.29. The standard InChI is InChI=1S/C21H20ClF3O2S/c1-14(10-15-2-6-17(7-3-15)21(23,24)25)20-26-11-19(12-27-20)28-13-16-4-8-18(22)9-5-16/h2-10,19-20H,11-13H2,1H3/b14-10-. The highest BCUT2D eigenvalue weighted by Gasteiger charge is 2.30. The van der Waals surface area contributed by atoms with Crippen molar-refractivity contribution in [2.24, 2.45) is 0 Å². The molecule has 1 fully saturated rings. The van der Waals surface area contributed by atoms with Crippen LogP contribution in [0.25, 0.3) is 6.08 Å². The van der Waals surface area contributed by atoms with Gasteiger partial charge in [0.15, 0.2) is 6.29 Å². The maximum Gasteiger partial charge on any atom is 0.416 e. The smallest absolute Gasteiger partial charge is 0.347 e. The zero-order valence-corrected chi connectivity index (χ0v) is 16.8. The Hall–Kier alpha value is -1.47. The minimum atomic E-state index is -4.33. The third kappa shape index (κ3) is 6.01. The van der Waals surface area contributed by atoms with Crippen molar-refractivity contribution >= 4 is 29.4 Å². The summed E-state index contributed by atoms with van der Waals surface area (Å²) in [5.41, 5.74) is 2.03. The molecule has 1 aliphatic heterocycles. The van der Waals surface area contributed by atoms with Crippen molar-refractivity contribution in [3.63, 3.8) is 0 Å². The van der Waals surface area contributed by atoms with Gasteiger partial charge in [0.05, 0.1) is 24.0 Å². The fraction of sp³-hybridized carbons (Fsp3) is 0.333. The first-order valence-corrected chi connectivity index (χ1v) is 10.2. The van der Waals surface area contributed by atoms with E-state index >= 15 is 0 Å². The van der Waals surface area contributed by atoms with Gasteiger partial charge >= 0.3 is 6.18 Å². The van der Waals surface area contributed by atoms with Crippen molar-refractivity contribution in [3.05, 3.63) is 75.8 Å². The summed E-state index contributed by atoms with van der Waals surface area (Å²) < 4.78 is 49.5. The zero-order valence-electron chi connectivity index (χ0n) is 15.2. The summed E-state index contributed by atoms with van der Waals surface area (Å²) >= 11 is 7.65. The Morgan fingerprint density at radius 3 is 2.25 bits per heavy atom. The van der Waals surface area contributed by atoms with E-state index in [-0.39, 0.29) is 5.25 Å². The van der Waals surface area contributed by atoms with Crippen molar-refractivity contribution in [1.29, 1.82) is 0 Å². The average molecular weight is 429 g/mol. The molecule has 1 aliphatic rings. The van der Waals surface area contributed by atoms with E-state index in [1.165, 1.54) is 17.7 Å². The van der Waals surface area contributed by atoms with Crippen LogP contribution in [0.3, 0.4) is 0 Å². The fourth-order valence-electron chi connectivity index (χ4n) is 2.74. The molecule has 0 spiro atoms. The average Bonchev–Trinajstić information content (AvgIpc) is 2.67. The highest BCUT2D eigenvalue weighted by Crippen LogP contribution is 2.30. The van der Waals surface area contributed by atoms with Crippen LogP contribution < -0.4 is 0 Å². The van der Waals surface area contributed by atoms with Crippen LogP contribution in [-0.4, -0.2) is 24.8 Å². The quantitative estimate of drug-likeness (QED) is 0.546. The molecule has 0 aromatic heterocycles. The third-order valence-electron chi connectivity index (χ3n) is 4.27. The number of thioether (sulfide) groups is 1. The van der Waals surface area contributed by atoms with Gasteiger partial charge in [0.2, 0.25) is 0 Å². The number of hydrogen-bond donors (Lipinski definition) is 0. The molecule has 0 saturated carbocycles. The Balaban J connectivity index is 1.49. The molecular weight excluding hydrogens is 409 g/mol. The summed E-state index contributed by atoms with van der Waals surface area (Å²) in [5.74, 6) is 0.847. The number of halogens is 4. The molecule has 2 nitrogen and oxygen atoms in total. The highest BCUT2D eigenvalue weighted by atomic mass is 35.5. The molecular formula is C21H20ClF3O2S. The summed E-state index contributed by atoms with van der Waals surface area (Å²) in [6.07, 6.45) is -3.02. The van der Waals surface area contributed by atoms with Crippen LogP contribution in [0.4, 0.5) is 13.2 Å². The number of rotatable bonds is 5. The lowest BCUT2D eigenvalue weighted by molar-refractivity contribution is -0.152. The van der Waals surface area contributed by atoms with Gasteiger partial charge in [0.25, 0.3) is 0 Å². The van der Waals surface area contributed by atoms with Gasteiger partial charge in [0, 0.05) is 10.8 Å². The Labute approximate surface area is 171 Å². The maximum atomic E-state index is 12.6. The van der Waals surface area contributed by atoms with Crippen LogP contribution in [0.15, 0.2) is 54.1 Å². The van der Waals surface area contributed by atoms with E-state index in [0.717, 1.165) is 28.5 Å². The topological polar surface area (TPSA) is 18.5 Å². The van der Waals surface area contributed by atoms with Crippen molar-refractivity contribution in [1.82, 2.24) is 0 Å².